The van der Waals surface area contributed by atoms with Crippen molar-refractivity contribution < 1.29 is 27.4 Å². The van der Waals surface area contributed by atoms with Gasteiger partial charge >= 0.3 is 5.97 Å². The van der Waals surface area contributed by atoms with Crippen LogP contribution in [0.4, 0.5) is 15.8 Å². The molecule has 0 amide bonds. The molecule has 0 saturated carbocycles. The SMILES string of the molecule is CCOC(=O)C(c1cc(C)ccc1Nc1c(F)cccc1Cl)S(=O)(=O)CCO. The van der Waals surface area contributed by atoms with Crippen molar-refractivity contribution in [3.63, 3.8) is 0 Å². The lowest BCUT2D eigenvalue weighted by Crippen LogP contribution is -2.28. The Morgan fingerprint density at radius 3 is 2.64 bits per heavy atom. The van der Waals surface area contributed by atoms with Gasteiger partial charge < -0.3 is 15.2 Å². The van der Waals surface area contributed by atoms with E-state index in [1.165, 1.54) is 30.3 Å². The third-order valence-electron chi connectivity index (χ3n) is 3.95. The summed E-state index contributed by atoms with van der Waals surface area (Å²) in [5.41, 5.74) is 0.925. The number of benzene rings is 2. The minimum Gasteiger partial charge on any atom is -0.465 e. The van der Waals surface area contributed by atoms with Crippen LogP contribution in [0.25, 0.3) is 0 Å². The third-order valence-corrected chi connectivity index (χ3v) is 6.18. The van der Waals surface area contributed by atoms with Gasteiger partial charge in [0.1, 0.15) is 5.82 Å². The van der Waals surface area contributed by atoms with Gasteiger partial charge in [0.2, 0.25) is 0 Å². The first-order valence-corrected chi connectivity index (χ1v) is 10.6. The van der Waals surface area contributed by atoms with Crippen LogP contribution in [0.2, 0.25) is 5.02 Å². The Morgan fingerprint density at radius 1 is 1.32 bits per heavy atom. The summed E-state index contributed by atoms with van der Waals surface area (Å²) < 4.78 is 44.6. The molecule has 2 rings (SSSR count). The van der Waals surface area contributed by atoms with Crippen LogP contribution in [-0.4, -0.2) is 38.5 Å². The van der Waals surface area contributed by atoms with E-state index >= 15 is 0 Å². The van der Waals surface area contributed by atoms with Gasteiger partial charge in [0.25, 0.3) is 0 Å². The number of hydrogen-bond donors (Lipinski definition) is 2. The highest BCUT2D eigenvalue weighted by Gasteiger charge is 2.37. The minimum absolute atomic E-state index is 0.0162. The van der Waals surface area contributed by atoms with E-state index < -0.39 is 39.2 Å². The van der Waals surface area contributed by atoms with Crippen LogP contribution in [0.1, 0.15) is 23.3 Å². The molecule has 1 atom stereocenters. The van der Waals surface area contributed by atoms with Crippen molar-refractivity contribution in [2.45, 2.75) is 19.1 Å². The summed E-state index contributed by atoms with van der Waals surface area (Å²) in [6.07, 6.45) is 0. The maximum Gasteiger partial charge on any atom is 0.328 e. The topological polar surface area (TPSA) is 92.7 Å². The summed E-state index contributed by atoms with van der Waals surface area (Å²) >= 11 is 6.05. The number of para-hydroxylation sites is 1. The zero-order valence-electron chi connectivity index (χ0n) is 15.4. The number of aliphatic hydroxyl groups is 1. The molecule has 2 aromatic rings. The molecule has 0 fully saturated rings. The minimum atomic E-state index is -4.09. The predicted molar refractivity (Wildman–Crippen MR) is 106 cm³/mol. The number of carbonyl (C=O) groups is 1. The number of carbonyl (C=O) groups excluding carboxylic acids is 1. The Balaban J connectivity index is 2.63. The van der Waals surface area contributed by atoms with Crippen LogP contribution in [0.15, 0.2) is 36.4 Å². The second kappa shape index (κ2) is 9.36. The number of rotatable bonds is 8. The summed E-state index contributed by atoms with van der Waals surface area (Å²) in [6.45, 7) is 2.62. The van der Waals surface area contributed by atoms with Gasteiger partial charge in [-0.15, -0.1) is 0 Å². The van der Waals surface area contributed by atoms with Gasteiger partial charge in [-0.3, -0.25) is 4.79 Å². The zero-order valence-corrected chi connectivity index (χ0v) is 17.0. The summed E-state index contributed by atoms with van der Waals surface area (Å²) in [5, 5.41) is 10.3. The Hall–Kier alpha value is -2.16. The zero-order chi connectivity index (χ0) is 20.9. The first-order chi connectivity index (χ1) is 13.2. The van der Waals surface area contributed by atoms with Gasteiger partial charge in [-0.25, -0.2) is 12.8 Å². The van der Waals surface area contributed by atoms with Crippen molar-refractivity contribution >= 4 is 38.8 Å². The smallest absolute Gasteiger partial charge is 0.328 e. The number of aryl methyl sites for hydroxylation is 1. The van der Waals surface area contributed by atoms with Crippen molar-refractivity contribution in [3.8, 4) is 0 Å². The molecule has 0 heterocycles. The number of hydrogen-bond acceptors (Lipinski definition) is 6. The van der Waals surface area contributed by atoms with E-state index in [1.807, 2.05) is 0 Å². The molecule has 152 valence electrons. The first kappa shape index (κ1) is 22.1. The highest BCUT2D eigenvalue weighted by atomic mass is 35.5. The standard InChI is InChI=1S/C19H21ClFNO5S/c1-3-27-19(24)18(28(25,26)10-9-23)13-11-12(2)7-8-16(13)22-17-14(20)5-4-6-15(17)21/h4-8,11,18,22-23H,3,9-10H2,1-2H3. The van der Waals surface area contributed by atoms with Crippen LogP contribution in [0.5, 0.6) is 0 Å². The molecule has 9 heteroatoms. The molecule has 0 aliphatic rings. The fourth-order valence-electron chi connectivity index (χ4n) is 2.69. The second-order valence-electron chi connectivity index (χ2n) is 6.04. The van der Waals surface area contributed by atoms with Crippen LogP contribution in [-0.2, 0) is 19.4 Å². The van der Waals surface area contributed by atoms with E-state index in [1.54, 1.807) is 19.9 Å². The second-order valence-corrected chi connectivity index (χ2v) is 8.65. The van der Waals surface area contributed by atoms with Gasteiger partial charge in [-0.1, -0.05) is 35.4 Å². The van der Waals surface area contributed by atoms with E-state index in [9.17, 15) is 17.6 Å². The van der Waals surface area contributed by atoms with Crippen LogP contribution < -0.4 is 5.32 Å². The third kappa shape index (κ3) is 5.01. The average molecular weight is 430 g/mol. The average Bonchev–Trinajstić information content (AvgIpc) is 2.60. The van der Waals surface area contributed by atoms with Crippen molar-refractivity contribution in [2.24, 2.45) is 0 Å². The van der Waals surface area contributed by atoms with Crippen molar-refractivity contribution in [1.29, 1.82) is 0 Å². The molecular weight excluding hydrogens is 409 g/mol. The molecule has 0 bridgehead atoms. The molecule has 0 aromatic heterocycles. The number of ether oxygens (including phenoxy) is 1. The highest BCUT2D eigenvalue weighted by Crippen LogP contribution is 2.36. The van der Waals surface area contributed by atoms with Crippen LogP contribution in [0.3, 0.4) is 0 Å². The molecule has 0 aliphatic carbocycles. The molecule has 2 N–H and O–H groups in total. The van der Waals surface area contributed by atoms with Crippen molar-refractivity contribution in [2.75, 3.05) is 24.3 Å². The van der Waals surface area contributed by atoms with Gasteiger partial charge in [-0.05, 0) is 32.0 Å². The number of aliphatic hydroxyl groups excluding tert-OH is 1. The fraction of sp³-hybridized carbons (Fsp3) is 0.316. The Bertz CT molecular complexity index is 945. The number of sulfone groups is 1. The molecule has 0 aliphatic heterocycles. The number of nitrogens with one attached hydrogen (secondary N) is 1. The predicted octanol–water partition coefficient (Wildman–Crippen LogP) is 3.54. The Labute approximate surface area is 168 Å². The Morgan fingerprint density at radius 2 is 2.04 bits per heavy atom. The largest absolute Gasteiger partial charge is 0.465 e. The molecular formula is C19H21ClFNO5S. The number of esters is 1. The highest BCUT2D eigenvalue weighted by molar-refractivity contribution is 7.92. The normalized spacial score (nSPS) is 12.5. The molecule has 2 aromatic carbocycles. The van der Waals surface area contributed by atoms with Crippen molar-refractivity contribution in [3.05, 3.63) is 58.4 Å². The van der Waals surface area contributed by atoms with E-state index in [0.29, 0.717) is 5.56 Å². The fourth-order valence-corrected chi connectivity index (χ4v) is 4.34. The van der Waals surface area contributed by atoms with Gasteiger partial charge in [0, 0.05) is 11.3 Å². The van der Waals surface area contributed by atoms with E-state index in [2.05, 4.69) is 5.32 Å². The maximum atomic E-state index is 14.2. The molecule has 1 unspecified atom stereocenters. The summed E-state index contributed by atoms with van der Waals surface area (Å²) in [7, 11) is -4.09. The van der Waals surface area contributed by atoms with Crippen LogP contribution in [0, 0.1) is 12.7 Å². The number of halogens is 2. The monoisotopic (exact) mass is 429 g/mol. The molecule has 0 spiro atoms. The lowest BCUT2D eigenvalue weighted by Gasteiger charge is -2.21. The van der Waals surface area contributed by atoms with Crippen LogP contribution >= 0.6 is 11.6 Å². The molecule has 0 saturated heterocycles. The molecule has 0 radical (unpaired) electrons. The summed E-state index contributed by atoms with van der Waals surface area (Å²) in [6, 6.07) is 8.84. The summed E-state index contributed by atoms with van der Waals surface area (Å²) in [5.74, 6) is -2.22. The first-order valence-electron chi connectivity index (χ1n) is 8.52. The quantitative estimate of drug-likeness (QED) is 0.623. The van der Waals surface area contributed by atoms with Gasteiger partial charge in [0.15, 0.2) is 15.1 Å². The van der Waals surface area contributed by atoms with Gasteiger partial charge in [-0.2, -0.15) is 0 Å². The van der Waals surface area contributed by atoms with E-state index in [0.717, 1.165) is 0 Å². The summed E-state index contributed by atoms with van der Waals surface area (Å²) in [4.78, 5) is 12.5. The number of anilines is 2. The van der Waals surface area contributed by atoms with E-state index in [4.69, 9.17) is 21.4 Å². The van der Waals surface area contributed by atoms with Gasteiger partial charge in [0.05, 0.1) is 29.7 Å². The molecule has 6 nitrogen and oxygen atoms in total. The maximum absolute atomic E-state index is 14.2. The Kier molecular flexibility index (Phi) is 7.40. The van der Waals surface area contributed by atoms with E-state index in [-0.39, 0.29) is 28.6 Å². The lowest BCUT2D eigenvalue weighted by molar-refractivity contribution is -0.142. The molecule has 28 heavy (non-hydrogen) atoms. The van der Waals surface area contributed by atoms with Crippen molar-refractivity contribution in [1.82, 2.24) is 0 Å². The lowest BCUT2D eigenvalue weighted by atomic mass is 10.1.